The zero-order valence-corrected chi connectivity index (χ0v) is 16.2. The molecule has 1 heterocycles. The minimum Gasteiger partial charge on any atom is -0.306 e. The van der Waals surface area contributed by atoms with Crippen molar-refractivity contribution in [3.63, 3.8) is 0 Å². The first kappa shape index (κ1) is 16.2. The summed E-state index contributed by atoms with van der Waals surface area (Å²) in [6, 6.07) is 7.04. The number of hydrogen-bond donors (Lipinski definition) is 1. The molecule has 0 fully saturated rings. The van der Waals surface area contributed by atoms with E-state index in [-0.39, 0.29) is 6.04 Å². The molecule has 0 aliphatic carbocycles. The van der Waals surface area contributed by atoms with Crippen LogP contribution in [0, 0.1) is 20.8 Å². The van der Waals surface area contributed by atoms with Crippen LogP contribution in [-0.2, 0) is 0 Å². The molecule has 2 rings (SSSR count). The first-order valence-electron chi connectivity index (χ1n) is 6.69. The van der Waals surface area contributed by atoms with Gasteiger partial charge in [0.25, 0.3) is 0 Å². The Morgan fingerprint density at radius 1 is 1.05 bits per heavy atom. The maximum atomic E-state index is 3.64. The Hall–Kier alpha value is -0.160. The van der Waals surface area contributed by atoms with Gasteiger partial charge in [-0.2, -0.15) is 0 Å². The molecule has 0 aliphatic rings. The number of halogens is 2. The molecule has 20 heavy (non-hydrogen) atoms. The molecular weight excluding hydrogens is 398 g/mol. The third-order valence-electron chi connectivity index (χ3n) is 3.43. The van der Waals surface area contributed by atoms with Gasteiger partial charge in [0.15, 0.2) is 0 Å². The highest BCUT2D eigenvalue weighted by molar-refractivity contribution is 9.11. The fourth-order valence-electron chi connectivity index (χ4n) is 2.31. The normalized spacial score (nSPS) is 12.7. The SMILES string of the molecule is CCNC(c1cc(C)c(Br)s1)c1cc(C)c(Br)cc1C. The smallest absolute Gasteiger partial charge is 0.0731 e. The van der Waals surface area contributed by atoms with Gasteiger partial charge in [0, 0.05) is 9.35 Å². The maximum absolute atomic E-state index is 3.64. The average Bonchev–Trinajstić information content (AvgIpc) is 2.71. The Morgan fingerprint density at radius 2 is 1.75 bits per heavy atom. The van der Waals surface area contributed by atoms with Crippen LogP contribution in [0.25, 0.3) is 0 Å². The van der Waals surface area contributed by atoms with E-state index in [0.29, 0.717) is 0 Å². The van der Waals surface area contributed by atoms with Gasteiger partial charge in [0.1, 0.15) is 0 Å². The van der Waals surface area contributed by atoms with Gasteiger partial charge in [-0.05, 0) is 77.6 Å². The largest absolute Gasteiger partial charge is 0.306 e. The van der Waals surface area contributed by atoms with Crippen LogP contribution >= 0.6 is 43.2 Å². The van der Waals surface area contributed by atoms with Crippen molar-refractivity contribution < 1.29 is 0 Å². The van der Waals surface area contributed by atoms with Crippen LogP contribution < -0.4 is 5.32 Å². The van der Waals surface area contributed by atoms with Crippen molar-refractivity contribution in [1.82, 2.24) is 5.32 Å². The van der Waals surface area contributed by atoms with E-state index in [9.17, 15) is 0 Å². The third-order valence-corrected chi connectivity index (χ3v) is 6.48. The maximum Gasteiger partial charge on any atom is 0.0731 e. The van der Waals surface area contributed by atoms with Gasteiger partial charge in [-0.15, -0.1) is 11.3 Å². The molecule has 1 unspecified atom stereocenters. The third kappa shape index (κ3) is 3.35. The fraction of sp³-hybridized carbons (Fsp3) is 0.375. The van der Waals surface area contributed by atoms with Crippen molar-refractivity contribution in [3.8, 4) is 0 Å². The molecule has 0 radical (unpaired) electrons. The number of rotatable bonds is 4. The summed E-state index contributed by atoms with van der Waals surface area (Å²) in [6.07, 6.45) is 0. The summed E-state index contributed by atoms with van der Waals surface area (Å²) >= 11 is 9.07. The summed E-state index contributed by atoms with van der Waals surface area (Å²) in [6.45, 7) is 9.58. The molecule has 0 bridgehead atoms. The Bertz CT molecular complexity index is 600. The molecule has 1 aromatic carbocycles. The Balaban J connectivity index is 2.50. The van der Waals surface area contributed by atoms with Crippen molar-refractivity contribution in [2.75, 3.05) is 6.54 Å². The van der Waals surface area contributed by atoms with Crippen LogP contribution in [-0.4, -0.2) is 6.54 Å². The molecule has 0 amide bonds. The van der Waals surface area contributed by atoms with Gasteiger partial charge in [0.05, 0.1) is 9.83 Å². The van der Waals surface area contributed by atoms with Gasteiger partial charge in [-0.3, -0.25) is 0 Å². The number of hydrogen-bond acceptors (Lipinski definition) is 2. The molecule has 0 saturated heterocycles. The van der Waals surface area contributed by atoms with Gasteiger partial charge in [-0.1, -0.05) is 28.9 Å². The van der Waals surface area contributed by atoms with E-state index in [1.807, 2.05) is 11.3 Å². The fourth-order valence-corrected chi connectivity index (χ4v) is 4.43. The highest BCUT2D eigenvalue weighted by atomic mass is 79.9. The lowest BCUT2D eigenvalue weighted by molar-refractivity contribution is 0.636. The molecule has 0 aliphatic heterocycles. The predicted molar refractivity (Wildman–Crippen MR) is 95.9 cm³/mol. The Morgan fingerprint density at radius 3 is 2.30 bits per heavy atom. The highest BCUT2D eigenvalue weighted by Gasteiger charge is 2.19. The van der Waals surface area contributed by atoms with E-state index in [1.54, 1.807) is 0 Å². The van der Waals surface area contributed by atoms with Gasteiger partial charge in [0.2, 0.25) is 0 Å². The van der Waals surface area contributed by atoms with E-state index in [0.717, 1.165) is 6.54 Å². The lowest BCUT2D eigenvalue weighted by Crippen LogP contribution is -2.22. The van der Waals surface area contributed by atoms with Crippen LogP contribution in [0.1, 0.15) is 40.1 Å². The Kier molecular flexibility index (Phi) is 5.46. The molecule has 1 N–H and O–H groups in total. The number of aryl methyl sites for hydroxylation is 3. The van der Waals surface area contributed by atoms with E-state index in [2.05, 4.69) is 83.1 Å². The molecular formula is C16H19Br2NS. The van der Waals surface area contributed by atoms with Crippen molar-refractivity contribution >= 4 is 43.2 Å². The summed E-state index contributed by atoms with van der Waals surface area (Å²) in [5.74, 6) is 0. The van der Waals surface area contributed by atoms with Crippen LogP contribution in [0.15, 0.2) is 26.5 Å². The highest BCUT2D eigenvalue weighted by Crippen LogP contribution is 2.36. The van der Waals surface area contributed by atoms with E-state index < -0.39 is 0 Å². The quantitative estimate of drug-likeness (QED) is 0.654. The van der Waals surface area contributed by atoms with Crippen LogP contribution in [0.4, 0.5) is 0 Å². The summed E-state index contributed by atoms with van der Waals surface area (Å²) in [4.78, 5) is 1.36. The van der Waals surface area contributed by atoms with E-state index in [4.69, 9.17) is 0 Å². The Labute approximate surface area is 142 Å². The molecule has 0 spiro atoms. The van der Waals surface area contributed by atoms with Gasteiger partial charge >= 0.3 is 0 Å². The first-order valence-corrected chi connectivity index (χ1v) is 9.10. The monoisotopic (exact) mass is 415 g/mol. The van der Waals surface area contributed by atoms with Gasteiger partial charge < -0.3 is 5.32 Å². The van der Waals surface area contributed by atoms with Crippen molar-refractivity contribution in [3.05, 3.63) is 53.6 Å². The molecule has 1 atom stereocenters. The number of nitrogens with one attached hydrogen (secondary N) is 1. The summed E-state index contributed by atoms with van der Waals surface area (Å²) in [7, 11) is 0. The summed E-state index contributed by atoms with van der Waals surface area (Å²) < 4.78 is 2.40. The molecule has 108 valence electrons. The van der Waals surface area contributed by atoms with Gasteiger partial charge in [-0.25, -0.2) is 0 Å². The summed E-state index contributed by atoms with van der Waals surface area (Å²) in [5.41, 5.74) is 5.26. The second-order valence-electron chi connectivity index (χ2n) is 5.05. The topological polar surface area (TPSA) is 12.0 Å². The second kappa shape index (κ2) is 6.73. The van der Waals surface area contributed by atoms with Crippen LogP contribution in [0.3, 0.4) is 0 Å². The standard InChI is InChI=1S/C16H19Br2NS/c1-5-19-15(14-8-11(4)16(18)20-14)12-6-10(3)13(17)7-9(12)2/h6-8,15,19H,5H2,1-4H3. The molecule has 1 aromatic heterocycles. The first-order chi connectivity index (χ1) is 9.43. The molecule has 4 heteroatoms. The van der Waals surface area contributed by atoms with Crippen molar-refractivity contribution in [2.24, 2.45) is 0 Å². The summed E-state index contributed by atoms with van der Waals surface area (Å²) in [5, 5.41) is 3.62. The van der Waals surface area contributed by atoms with E-state index >= 15 is 0 Å². The second-order valence-corrected chi connectivity index (χ2v) is 8.31. The zero-order chi connectivity index (χ0) is 14.9. The number of benzene rings is 1. The predicted octanol–water partition coefficient (Wildman–Crippen LogP) is 5.90. The van der Waals surface area contributed by atoms with E-state index in [1.165, 1.54) is 35.4 Å². The van der Waals surface area contributed by atoms with Crippen LogP contribution in [0.2, 0.25) is 0 Å². The van der Waals surface area contributed by atoms with Crippen LogP contribution in [0.5, 0.6) is 0 Å². The average molecular weight is 417 g/mol. The zero-order valence-electron chi connectivity index (χ0n) is 12.2. The molecule has 1 nitrogen and oxygen atoms in total. The molecule has 2 aromatic rings. The van der Waals surface area contributed by atoms with Crippen molar-refractivity contribution in [2.45, 2.75) is 33.7 Å². The number of thiophene rings is 1. The lowest BCUT2D eigenvalue weighted by Gasteiger charge is -2.20. The minimum atomic E-state index is 0.266. The molecule has 0 saturated carbocycles. The lowest BCUT2D eigenvalue weighted by atomic mass is 9.97. The van der Waals surface area contributed by atoms with Crippen molar-refractivity contribution in [1.29, 1.82) is 0 Å². The minimum absolute atomic E-state index is 0.266.